The number of halogens is 1. The highest BCUT2D eigenvalue weighted by Gasteiger charge is 2.14. The normalized spacial score (nSPS) is 10.3. The van der Waals surface area contributed by atoms with Crippen molar-refractivity contribution in [3.8, 4) is 0 Å². The molecule has 0 bridgehead atoms. The van der Waals surface area contributed by atoms with Gasteiger partial charge in [-0.25, -0.2) is 9.18 Å². The van der Waals surface area contributed by atoms with Gasteiger partial charge in [-0.2, -0.15) is 0 Å². The summed E-state index contributed by atoms with van der Waals surface area (Å²) < 4.78 is 18.3. The Hall–Kier alpha value is -1.62. The Labute approximate surface area is 106 Å². The molecule has 0 unspecified atom stereocenters. The number of anilines is 1. The summed E-state index contributed by atoms with van der Waals surface area (Å²) in [5.74, 6) is -1.97. The van der Waals surface area contributed by atoms with Crippen LogP contribution in [0.15, 0.2) is 18.2 Å². The van der Waals surface area contributed by atoms with Crippen molar-refractivity contribution in [1.82, 2.24) is 0 Å². The fourth-order valence-corrected chi connectivity index (χ4v) is 1.66. The summed E-state index contributed by atoms with van der Waals surface area (Å²) in [6.45, 7) is 1.34. The van der Waals surface area contributed by atoms with Crippen molar-refractivity contribution < 1.29 is 19.0 Å². The Morgan fingerprint density at radius 3 is 2.83 bits per heavy atom. The number of unbranched alkanes of at least 4 members (excludes halogenated alkanes) is 2. The van der Waals surface area contributed by atoms with E-state index in [1.54, 1.807) is 13.2 Å². The fourth-order valence-electron chi connectivity index (χ4n) is 1.66. The predicted octanol–water partition coefficient (Wildman–Crippen LogP) is 2.75. The van der Waals surface area contributed by atoms with Gasteiger partial charge < -0.3 is 15.2 Å². The van der Waals surface area contributed by atoms with Gasteiger partial charge in [-0.1, -0.05) is 6.07 Å². The maximum Gasteiger partial charge on any atom is 0.340 e. The van der Waals surface area contributed by atoms with Gasteiger partial charge in [0.25, 0.3) is 0 Å². The van der Waals surface area contributed by atoms with Crippen LogP contribution < -0.4 is 5.32 Å². The molecular weight excluding hydrogens is 237 g/mol. The van der Waals surface area contributed by atoms with E-state index in [0.29, 0.717) is 12.2 Å². The Morgan fingerprint density at radius 2 is 2.17 bits per heavy atom. The number of nitrogens with one attached hydrogen (secondary N) is 1. The molecule has 0 radical (unpaired) electrons. The fraction of sp³-hybridized carbons (Fsp3) is 0.462. The zero-order valence-electron chi connectivity index (χ0n) is 10.4. The summed E-state index contributed by atoms with van der Waals surface area (Å²) in [7, 11) is 1.66. The van der Waals surface area contributed by atoms with E-state index < -0.39 is 11.8 Å². The number of aromatic carboxylic acids is 1. The van der Waals surface area contributed by atoms with E-state index in [1.165, 1.54) is 6.07 Å². The lowest BCUT2D eigenvalue weighted by molar-refractivity contribution is 0.0693. The van der Waals surface area contributed by atoms with Crippen LogP contribution in [0.5, 0.6) is 0 Å². The topological polar surface area (TPSA) is 58.6 Å². The van der Waals surface area contributed by atoms with Crippen molar-refractivity contribution in [2.45, 2.75) is 19.3 Å². The van der Waals surface area contributed by atoms with E-state index in [-0.39, 0.29) is 5.56 Å². The summed E-state index contributed by atoms with van der Waals surface area (Å²) in [5.41, 5.74) is 0.0311. The molecule has 0 heterocycles. The molecule has 1 rings (SSSR count). The minimum atomic E-state index is -1.25. The summed E-state index contributed by atoms with van der Waals surface area (Å²) in [5, 5.41) is 11.9. The summed E-state index contributed by atoms with van der Waals surface area (Å²) in [6, 6.07) is 4.21. The van der Waals surface area contributed by atoms with Crippen LogP contribution >= 0.6 is 0 Å². The van der Waals surface area contributed by atoms with Gasteiger partial charge in [0.2, 0.25) is 0 Å². The number of hydrogen-bond acceptors (Lipinski definition) is 3. The first-order valence-electron chi connectivity index (χ1n) is 5.91. The number of rotatable bonds is 8. The minimum Gasteiger partial charge on any atom is -0.478 e. The monoisotopic (exact) mass is 255 g/mol. The van der Waals surface area contributed by atoms with E-state index in [0.717, 1.165) is 31.9 Å². The highest BCUT2D eigenvalue weighted by atomic mass is 19.1. The number of hydrogen-bond donors (Lipinski definition) is 2. The van der Waals surface area contributed by atoms with Crippen LogP contribution in [0.1, 0.15) is 29.6 Å². The molecular formula is C13H18FNO3. The zero-order valence-corrected chi connectivity index (χ0v) is 10.4. The van der Waals surface area contributed by atoms with Gasteiger partial charge in [-0.3, -0.25) is 0 Å². The molecule has 0 aliphatic rings. The van der Waals surface area contributed by atoms with Crippen molar-refractivity contribution in [1.29, 1.82) is 0 Å². The van der Waals surface area contributed by atoms with E-state index in [1.807, 2.05) is 0 Å². The third-order valence-corrected chi connectivity index (χ3v) is 2.57. The number of carboxylic acids is 1. The predicted molar refractivity (Wildman–Crippen MR) is 67.6 cm³/mol. The van der Waals surface area contributed by atoms with E-state index in [4.69, 9.17) is 9.84 Å². The standard InChI is InChI=1S/C13H18FNO3/c1-18-9-4-2-3-8-15-11-7-5-6-10(14)12(11)13(16)17/h5-7,15H,2-4,8-9H2,1H3,(H,16,17). The number of methoxy groups -OCH3 is 1. The largest absolute Gasteiger partial charge is 0.478 e. The maximum atomic E-state index is 13.3. The third kappa shape index (κ3) is 4.33. The van der Waals surface area contributed by atoms with Crippen molar-refractivity contribution in [3.63, 3.8) is 0 Å². The highest BCUT2D eigenvalue weighted by molar-refractivity contribution is 5.94. The van der Waals surface area contributed by atoms with Crippen LogP contribution in [-0.2, 0) is 4.74 Å². The van der Waals surface area contributed by atoms with Crippen molar-refractivity contribution in [2.75, 3.05) is 25.6 Å². The molecule has 0 atom stereocenters. The Morgan fingerprint density at radius 1 is 1.39 bits per heavy atom. The number of benzene rings is 1. The van der Waals surface area contributed by atoms with Gasteiger partial charge in [0.1, 0.15) is 11.4 Å². The van der Waals surface area contributed by atoms with Crippen LogP contribution in [-0.4, -0.2) is 31.3 Å². The second-order valence-electron chi connectivity index (χ2n) is 3.95. The maximum absolute atomic E-state index is 13.3. The molecule has 1 aromatic carbocycles. The van der Waals surface area contributed by atoms with Gasteiger partial charge >= 0.3 is 5.97 Å². The Kier molecular flexibility index (Phi) is 6.14. The lowest BCUT2D eigenvalue weighted by Gasteiger charge is -2.09. The molecule has 18 heavy (non-hydrogen) atoms. The number of carboxylic acid groups (broad SMARTS) is 1. The van der Waals surface area contributed by atoms with Gasteiger partial charge in [0.15, 0.2) is 0 Å². The Balaban J connectivity index is 2.47. The molecule has 0 aliphatic heterocycles. The summed E-state index contributed by atoms with van der Waals surface area (Å²) in [6.07, 6.45) is 2.84. The molecule has 0 spiro atoms. The molecule has 0 amide bonds. The molecule has 100 valence electrons. The second-order valence-corrected chi connectivity index (χ2v) is 3.95. The number of carbonyl (C=O) groups is 1. The van der Waals surface area contributed by atoms with Crippen molar-refractivity contribution in [2.24, 2.45) is 0 Å². The molecule has 4 nitrogen and oxygen atoms in total. The number of ether oxygens (including phenoxy) is 1. The van der Waals surface area contributed by atoms with Crippen molar-refractivity contribution in [3.05, 3.63) is 29.6 Å². The molecule has 5 heteroatoms. The minimum absolute atomic E-state index is 0.297. The molecule has 0 aliphatic carbocycles. The van der Waals surface area contributed by atoms with Gasteiger partial charge in [-0.05, 0) is 31.4 Å². The molecule has 0 saturated heterocycles. The van der Waals surface area contributed by atoms with Crippen LogP contribution in [0, 0.1) is 5.82 Å². The van der Waals surface area contributed by atoms with Crippen LogP contribution in [0.25, 0.3) is 0 Å². The van der Waals surface area contributed by atoms with E-state index in [9.17, 15) is 9.18 Å². The van der Waals surface area contributed by atoms with Gasteiger partial charge in [0.05, 0.1) is 5.69 Å². The van der Waals surface area contributed by atoms with E-state index in [2.05, 4.69) is 5.32 Å². The molecule has 0 saturated carbocycles. The average molecular weight is 255 g/mol. The lowest BCUT2D eigenvalue weighted by atomic mass is 10.1. The molecule has 2 N–H and O–H groups in total. The zero-order chi connectivity index (χ0) is 13.4. The van der Waals surface area contributed by atoms with Crippen LogP contribution in [0.2, 0.25) is 0 Å². The molecule has 0 aromatic heterocycles. The first-order valence-corrected chi connectivity index (χ1v) is 5.91. The summed E-state index contributed by atoms with van der Waals surface area (Å²) >= 11 is 0. The van der Waals surface area contributed by atoms with Crippen LogP contribution in [0.3, 0.4) is 0 Å². The molecule has 1 aromatic rings. The first kappa shape index (κ1) is 14.4. The smallest absolute Gasteiger partial charge is 0.340 e. The van der Waals surface area contributed by atoms with Crippen molar-refractivity contribution >= 4 is 11.7 Å². The SMILES string of the molecule is COCCCCCNc1cccc(F)c1C(=O)O. The summed E-state index contributed by atoms with van der Waals surface area (Å²) in [4.78, 5) is 10.9. The average Bonchev–Trinajstić information content (AvgIpc) is 2.33. The second kappa shape index (κ2) is 7.66. The lowest BCUT2D eigenvalue weighted by Crippen LogP contribution is -2.09. The highest BCUT2D eigenvalue weighted by Crippen LogP contribution is 2.18. The quantitative estimate of drug-likeness (QED) is 0.701. The first-order chi connectivity index (χ1) is 8.66. The van der Waals surface area contributed by atoms with Gasteiger partial charge in [0, 0.05) is 20.3 Å². The van der Waals surface area contributed by atoms with Gasteiger partial charge in [-0.15, -0.1) is 0 Å². The molecule has 0 fully saturated rings. The van der Waals surface area contributed by atoms with Crippen LogP contribution in [0.4, 0.5) is 10.1 Å². The third-order valence-electron chi connectivity index (χ3n) is 2.57. The van der Waals surface area contributed by atoms with E-state index >= 15 is 0 Å². The Bertz CT molecular complexity index is 396.